The maximum atomic E-state index is 11.9. The van der Waals surface area contributed by atoms with Gasteiger partial charge in [-0.3, -0.25) is 14.2 Å². The highest BCUT2D eigenvalue weighted by molar-refractivity contribution is 9.10. The summed E-state index contributed by atoms with van der Waals surface area (Å²) in [5.41, 5.74) is 0.354. The molecule has 0 bridgehead atoms. The van der Waals surface area contributed by atoms with Gasteiger partial charge in [0.05, 0.1) is 5.69 Å². The third-order valence-electron chi connectivity index (χ3n) is 2.06. The molecule has 0 aliphatic heterocycles. The van der Waals surface area contributed by atoms with Crippen LogP contribution in [0.25, 0.3) is 5.52 Å². The molecule has 0 amide bonds. The van der Waals surface area contributed by atoms with E-state index in [4.69, 9.17) is 5.11 Å². The smallest absolute Gasteiger partial charge is 0.323 e. The Balaban J connectivity index is 2.74. The van der Waals surface area contributed by atoms with Crippen LogP contribution in [0, 0.1) is 6.92 Å². The number of imidazole rings is 1. The number of aromatic nitrogens is 4. The molecular weight excluding hydrogens is 280 g/mol. The Bertz CT molecular complexity index is 630. The van der Waals surface area contributed by atoms with Gasteiger partial charge in [-0.1, -0.05) is 0 Å². The minimum absolute atomic E-state index is 0.274. The maximum absolute atomic E-state index is 11.9. The second-order valence-corrected chi connectivity index (χ2v) is 3.89. The Hall–Kier alpha value is -1.70. The zero-order valence-electron chi connectivity index (χ0n) is 8.21. The first kappa shape index (κ1) is 10.8. The number of hydrogen-bond donors (Lipinski definition) is 1. The summed E-state index contributed by atoms with van der Waals surface area (Å²) in [6, 6.07) is 0. The van der Waals surface area contributed by atoms with Gasteiger partial charge >= 0.3 is 5.97 Å². The van der Waals surface area contributed by atoms with E-state index in [0.717, 1.165) is 4.57 Å². The fourth-order valence-corrected chi connectivity index (χ4v) is 1.93. The van der Waals surface area contributed by atoms with Gasteiger partial charge in [-0.25, -0.2) is 9.50 Å². The molecule has 2 heterocycles. The zero-order valence-corrected chi connectivity index (χ0v) is 9.80. The van der Waals surface area contributed by atoms with Crippen LogP contribution in [0.5, 0.6) is 0 Å². The predicted octanol–water partition coefficient (Wildman–Crippen LogP) is 0.0465. The molecule has 1 N–H and O–H groups in total. The van der Waals surface area contributed by atoms with Gasteiger partial charge in [0, 0.05) is 0 Å². The number of rotatable bonds is 2. The molecule has 2 aromatic heterocycles. The second-order valence-electron chi connectivity index (χ2n) is 3.18. The van der Waals surface area contributed by atoms with Crippen LogP contribution in [0.1, 0.15) is 5.69 Å². The van der Waals surface area contributed by atoms with Crippen LogP contribution < -0.4 is 5.56 Å². The average molecular weight is 287 g/mol. The number of carboxylic acids is 1. The van der Waals surface area contributed by atoms with Crippen LogP contribution in [-0.4, -0.2) is 30.2 Å². The maximum Gasteiger partial charge on any atom is 0.323 e. The Morgan fingerprint density at radius 3 is 2.94 bits per heavy atom. The first-order valence-electron chi connectivity index (χ1n) is 4.33. The highest BCUT2D eigenvalue weighted by Crippen LogP contribution is 2.11. The van der Waals surface area contributed by atoms with E-state index in [1.54, 1.807) is 6.92 Å². The fraction of sp³-hybridized carbons (Fsp3) is 0.250. The van der Waals surface area contributed by atoms with E-state index >= 15 is 0 Å². The van der Waals surface area contributed by atoms with E-state index in [9.17, 15) is 9.59 Å². The molecule has 0 aromatic carbocycles. The third kappa shape index (κ3) is 1.60. The Morgan fingerprint density at radius 1 is 1.62 bits per heavy atom. The Labute approximate surface area is 97.5 Å². The molecule has 0 saturated carbocycles. The van der Waals surface area contributed by atoms with E-state index < -0.39 is 18.1 Å². The summed E-state index contributed by atoms with van der Waals surface area (Å²) in [6.45, 7) is 1.25. The normalized spacial score (nSPS) is 10.9. The number of carboxylic acid groups (broad SMARTS) is 1. The molecule has 2 aromatic rings. The van der Waals surface area contributed by atoms with Crippen molar-refractivity contribution < 1.29 is 9.90 Å². The predicted molar refractivity (Wildman–Crippen MR) is 57.3 cm³/mol. The minimum Gasteiger partial charge on any atom is -0.480 e. The highest BCUT2D eigenvalue weighted by Gasteiger charge is 2.13. The van der Waals surface area contributed by atoms with Crippen molar-refractivity contribution >= 4 is 27.4 Å². The van der Waals surface area contributed by atoms with Gasteiger partial charge in [0.25, 0.3) is 5.56 Å². The zero-order chi connectivity index (χ0) is 11.9. The Morgan fingerprint density at radius 2 is 2.31 bits per heavy atom. The van der Waals surface area contributed by atoms with E-state index in [1.165, 1.54) is 10.8 Å². The molecule has 8 heteroatoms. The number of aryl methyl sites for hydroxylation is 1. The van der Waals surface area contributed by atoms with Crippen LogP contribution >= 0.6 is 15.9 Å². The summed E-state index contributed by atoms with van der Waals surface area (Å²) in [5.74, 6) is -1.09. The second kappa shape index (κ2) is 3.71. The van der Waals surface area contributed by atoms with Crippen molar-refractivity contribution in [2.45, 2.75) is 13.5 Å². The Kier molecular flexibility index (Phi) is 2.50. The van der Waals surface area contributed by atoms with Crippen molar-refractivity contribution in [1.29, 1.82) is 0 Å². The van der Waals surface area contributed by atoms with Crippen molar-refractivity contribution in [2.24, 2.45) is 0 Å². The number of carbonyl (C=O) groups is 1. The van der Waals surface area contributed by atoms with Crippen LogP contribution in [-0.2, 0) is 11.3 Å². The third-order valence-corrected chi connectivity index (χ3v) is 2.58. The fourth-order valence-electron chi connectivity index (χ4n) is 1.40. The molecule has 0 atom stereocenters. The molecule has 0 radical (unpaired) electrons. The number of fused-ring (bicyclic) bond motifs is 1. The molecule has 2 rings (SSSR count). The molecule has 16 heavy (non-hydrogen) atoms. The van der Waals surface area contributed by atoms with Crippen LogP contribution in [0.4, 0.5) is 0 Å². The lowest BCUT2D eigenvalue weighted by Gasteiger charge is -2.01. The monoisotopic (exact) mass is 286 g/mol. The summed E-state index contributed by atoms with van der Waals surface area (Å²) in [5, 5.41) is 12.5. The SMILES string of the molecule is Cc1nc(Br)n2ncn(CC(=O)O)c(=O)c12. The summed E-state index contributed by atoms with van der Waals surface area (Å²) >= 11 is 3.15. The van der Waals surface area contributed by atoms with Crippen LogP contribution in [0.15, 0.2) is 15.9 Å². The first-order valence-corrected chi connectivity index (χ1v) is 5.12. The lowest BCUT2D eigenvalue weighted by Crippen LogP contribution is -2.26. The van der Waals surface area contributed by atoms with Gasteiger partial charge in [0.2, 0.25) is 0 Å². The average Bonchev–Trinajstić information content (AvgIpc) is 2.46. The summed E-state index contributed by atoms with van der Waals surface area (Å²) in [4.78, 5) is 26.4. The van der Waals surface area contributed by atoms with Crippen molar-refractivity contribution in [3.05, 3.63) is 27.1 Å². The van der Waals surface area contributed by atoms with Crippen molar-refractivity contribution in [3.63, 3.8) is 0 Å². The molecule has 0 fully saturated rings. The first-order chi connectivity index (χ1) is 7.50. The van der Waals surface area contributed by atoms with Gasteiger partial charge in [0.15, 0.2) is 10.3 Å². The summed E-state index contributed by atoms with van der Waals surface area (Å²) in [7, 11) is 0. The van der Waals surface area contributed by atoms with E-state index in [2.05, 4.69) is 26.0 Å². The van der Waals surface area contributed by atoms with Crippen molar-refractivity contribution in [3.8, 4) is 0 Å². The molecule has 7 nitrogen and oxygen atoms in total. The molecule has 0 unspecified atom stereocenters. The van der Waals surface area contributed by atoms with E-state index in [1.807, 2.05) is 0 Å². The standard InChI is InChI=1S/C8H7BrN4O3/c1-4-6-7(16)12(2-5(14)15)3-10-13(6)8(9)11-4/h3H,2H2,1H3,(H,14,15). The quantitative estimate of drug-likeness (QED) is 0.842. The molecule has 84 valence electrons. The largest absolute Gasteiger partial charge is 0.480 e. The molecule has 0 saturated heterocycles. The highest BCUT2D eigenvalue weighted by atomic mass is 79.9. The van der Waals surface area contributed by atoms with Gasteiger partial charge in [-0.2, -0.15) is 5.10 Å². The van der Waals surface area contributed by atoms with Gasteiger partial charge < -0.3 is 5.11 Å². The number of nitrogens with zero attached hydrogens (tertiary/aromatic N) is 4. The number of halogens is 1. The summed E-state index contributed by atoms with van der Waals surface area (Å²) < 4.78 is 2.77. The molecule has 0 aliphatic carbocycles. The molecular formula is C8H7BrN4O3. The van der Waals surface area contributed by atoms with Crippen LogP contribution in [0.3, 0.4) is 0 Å². The van der Waals surface area contributed by atoms with Crippen molar-refractivity contribution in [2.75, 3.05) is 0 Å². The number of hydrogen-bond acceptors (Lipinski definition) is 4. The van der Waals surface area contributed by atoms with Gasteiger partial charge in [-0.05, 0) is 22.9 Å². The molecule has 0 spiro atoms. The topological polar surface area (TPSA) is 89.5 Å². The van der Waals surface area contributed by atoms with E-state index in [0.29, 0.717) is 10.4 Å². The van der Waals surface area contributed by atoms with Crippen molar-refractivity contribution in [1.82, 2.24) is 19.2 Å². The lowest BCUT2D eigenvalue weighted by atomic mass is 10.4. The molecule has 0 aliphatic rings. The van der Waals surface area contributed by atoms with Gasteiger partial charge in [-0.15, -0.1) is 0 Å². The minimum atomic E-state index is -1.09. The van der Waals surface area contributed by atoms with E-state index in [-0.39, 0.29) is 5.52 Å². The van der Waals surface area contributed by atoms with Crippen LogP contribution in [0.2, 0.25) is 0 Å². The lowest BCUT2D eigenvalue weighted by molar-refractivity contribution is -0.137. The van der Waals surface area contributed by atoms with Gasteiger partial charge in [0.1, 0.15) is 12.9 Å². The number of aliphatic carboxylic acids is 1. The summed E-state index contributed by atoms with van der Waals surface area (Å²) in [6.07, 6.45) is 1.18.